The lowest BCUT2D eigenvalue weighted by Gasteiger charge is -2.05. The molecule has 2 rings (SSSR count). The van der Waals surface area contributed by atoms with Gasteiger partial charge in [0.1, 0.15) is 23.3 Å². The summed E-state index contributed by atoms with van der Waals surface area (Å²) in [6, 6.07) is 4.94. The molecule has 0 aliphatic carbocycles. The molecule has 10 heteroatoms. The van der Waals surface area contributed by atoms with Gasteiger partial charge < -0.3 is 9.31 Å². The van der Waals surface area contributed by atoms with E-state index in [1.165, 1.54) is 0 Å². The second-order valence-electron chi connectivity index (χ2n) is 4.38. The molecule has 0 N–H and O–H groups in total. The Morgan fingerprint density at radius 1 is 0.708 bits per heavy atom. The van der Waals surface area contributed by atoms with Crippen LogP contribution < -0.4 is 10.9 Å². The van der Waals surface area contributed by atoms with Gasteiger partial charge >= 0.3 is 26.9 Å². The molecule has 4 nitrogen and oxygen atoms in total. The van der Waals surface area contributed by atoms with E-state index in [0.717, 1.165) is 24.3 Å². The number of benzene rings is 2. The van der Waals surface area contributed by atoms with Crippen LogP contribution in [0.25, 0.3) is 0 Å². The topological polar surface area (TPSA) is 52.6 Å². The minimum atomic E-state index is -1.52. The predicted octanol–water partition coefficient (Wildman–Crippen LogP) is 0.519. The van der Waals surface area contributed by atoms with E-state index in [0.29, 0.717) is 27.1 Å². The smallest absolute Gasteiger partial charge is 0.416 e. The molecule has 0 aromatic heterocycles. The molecule has 0 bridgehead atoms. The highest BCUT2D eigenvalue weighted by molar-refractivity contribution is 6.55. The molecule has 0 amide bonds. The minimum Gasteiger partial charge on any atom is -0.525 e. The maximum Gasteiger partial charge on any atom is 0.416 e. The molecular formula is C14H6B2F4O4. The zero-order chi connectivity index (χ0) is 17.7. The molecule has 2 aromatic carbocycles. The van der Waals surface area contributed by atoms with E-state index in [1.54, 1.807) is 0 Å². The van der Waals surface area contributed by atoms with E-state index in [2.05, 4.69) is 9.31 Å². The van der Waals surface area contributed by atoms with Gasteiger partial charge in [-0.2, -0.15) is 0 Å². The van der Waals surface area contributed by atoms with Crippen LogP contribution in [-0.4, -0.2) is 26.9 Å². The zero-order valence-electron chi connectivity index (χ0n) is 11.8. The van der Waals surface area contributed by atoms with Crippen molar-refractivity contribution in [1.82, 2.24) is 0 Å². The van der Waals surface area contributed by atoms with Crippen molar-refractivity contribution in [3.8, 4) is 0 Å². The fourth-order valence-corrected chi connectivity index (χ4v) is 1.52. The second kappa shape index (κ2) is 7.67. The standard InChI is InChI=1S/C14H6B2F4O4/c17-7-1-3-9(11(19)5-7)15-23-13(21)14(22)24-16-10-4-2-8(18)6-12(10)20/h1-6H. The van der Waals surface area contributed by atoms with E-state index in [-0.39, 0.29) is 10.9 Å². The fourth-order valence-electron chi connectivity index (χ4n) is 1.52. The lowest BCUT2D eigenvalue weighted by Crippen LogP contribution is -2.32. The van der Waals surface area contributed by atoms with Crippen molar-refractivity contribution in [3.63, 3.8) is 0 Å². The number of halogens is 4. The molecule has 0 spiro atoms. The highest BCUT2D eigenvalue weighted by Crippen LogP contribution is 2.00. The van der Waals surface area contributed by atoms with Crippen LogP contribution in [0.15, 0.2) is 36.4 Å². The van der Waals surface area contributed by atoms with E-state index in [9.17, 15) is 27.2 Å². The zero-order valence-corrected chi connectivity index (χ0v) is 11.8. The summed E-state index contributed by atoms with van der Waals surface area (Å²) in [4.78, 5) is 22.7. The lowest BCUT2D eigenvalue weighted by molar-refractivity contribution is -0.156. The molecule has 0 saturated carbocycles. The highest BCUT2D eigenvalue weighted by atomic mass is 19.1. The molecule has 0 aliphatic rings. The summed E-state index contributed by atoms with van der Waals surface area (Å²) in [5.41, 5.74) is -0.544. The fraction of sp³-hybridized carbons (Fsp3) is 0. The van der Waals surface area contributed by atoms with Crippen molar-refractivity contribution in [2.45, 2.75) is 0 Å². The Bertz CT molecular complexity index is 720. The van der Waals surface area contributed by atoms with Gasteiger partial charge in [0.2, 0.25) is 0 Å². The lowest BCUT2D eigenvalue weighted by atomic mass is 9.87. The molecule has 0 aliphatic heterocycles. The third kappa shape index (κ3) is 4.61. The monoisotopic (exact) mass is 336 g/mol. The molecular weight excluding hydrogens is 330 g/mol. The van der Waals surface area contributed by atoms with Gasteiger partial charge in [-0.25, -0.2) is 27.2 Å². The molecule has 0 fully saturated rings. The first kappa shape index (κ1) is 17.6. The first-order valence-corrected chi connectivity index (χ1v) is 6.35. The van der Waals surface area contributed by atoms with Crippen LogP contribution in [0.1, 0.15) is 0 Å². The number of rotatable bonds is 4. The molecule has 0 saturated heterocycles. The maximum absolute atomic E-state index is 13.3. The average molecular weight is 336 g/mol. The second-order valence-corrected chi connectivity index (χ2v) is 4.38. The normalized spacial score (nSPS) is 10.0. The van der Waals surface area contributed by atoms with Gasteiger partial charge in [0.15, 0.2) is 0 Å². The SMILES string of the molecule is O=C(O[B]c1ccc(F)cc1F)C(=O)O[B]c1ccc(F)cc1F. The number of hydrogen-bond acceptors (Lipinski definition) is 4. The summed E-state index contributed by atoms with van der Waals surface area (Å²) >= 11 is 0. The Hall–Kier alpha value is -2.77. The molecule has 24 heavy (non-hydrogen) atoms. The molecule has 0 heterocycles. The Kier molecular flexibility index (Phi) is 5.62. The summed E-state index contributed by atoms with van der Waals surface area (Å²) in [6.45, 7) is 0. The van der Waals surface area contributed by atoms with Crippen LogP contribution in [0.5, 0.6) is 0 Å². The van der Waals surface area contributed by atoms with Crippen molar-refractivity contribution in [3.05, 3.63) is 59.7 Å². The summed E-state index contributed by atoms with van der Waals surface area (Å²) < 4.78 is 60.7. The Morgan fingerprint density at radius 2 is 1.08 bits per heavy atom. The summed E-state index contributed by atoms with van der Waals surface area (Å²) in [7, 11) is 1.19. The van der Waals surface area contributed by atoms with Crippen LogP contribution >= 0.6 is 0 Å². The van der Waals surface area contributed by atoms with Crippen molar-refractivity contribution in [2.75, 3.05) is 0 Å². The van der Waals surface area contributed by atoms with Crippen molar-refractivity contribution < 1.29 is 36.5 Å². The van der Waals surface area contributed by atoms with Gasteiger partial charge in [-0.05, 0) is 23.1 Å². The first-order chi connectivity index (χ1) is 11.4. The van der Waals surface area contributed by atoms with Crippen LogP contribution in [0, 0.1) is 23.3 Å². The molecule has 0 atom stereocenters. The van der Waals surface area contributed by atoms with E-state index in [1.807, 2.05) is 0 Å². The largest absolute Gasteiger partial charge is 0.525 e. The molecule has 0 unspecified atom stereocenters. The van der Waals surface area contributed by atoms with Gasteiger partial charge in [-0.1, -0.05) is 12.1 Å². The Labute approximate surface area is 134 Å². The third-order valence-electron chi connectivity index (χ3n) is 2.68. The summed E-state index contributed by atoms with van der Waals surface area (Å²) in [6.07, 6.45) is 0. The van der Waals surface area contributed by atoms with Gasteiger partial charge in [0, 0.05) is 12.1 Å². The van der Waals surface area contributed by atoms with Crippen molar-refractivity contribution >= 4 is 37.8 Å². The minimum absolute atomic E-state index is 0.272. The van der Waals surface area contributed by atoms with E-state index >= 15 is 0 Å². The Morgan fingerprint density at radius 3 is 1.42 bits per heavy atom. The van der Waals surface area contributed by atoms with Crippen LogP contribution in [-0.2, 0) is 18.9 Å². The van der Waals surface area contributed by atoms with E-state index < -0.39 is 35.2 Å². The van der Waals surface area contributed by atoms with Gasteiger partial charge in [0.25, 0.3) is 0 Å². The van der Waals surface area contributed by atoms with Gasteiger partial charge in [-0.3, -0.25) is 0 Å². The number of carbonyl (C=O) groups is 2. The molecule has 2 radical (unpaired) electrons. The third-order valence-corrected chi connectivity index (χ3v) is 2.68. The predicted molar refractivity (Wildman–Crippen MR) is 75.7 cm³/mol. The first-order valence-electron chi connectivity index (χ1n) is 6.35. The van der Waals surface area contributed by atoms with E-state index in [4.69, 9.17) is 0 Å². The number of carbonyl (C=O) groups excluding carboxylic acids is 2. The summed E-state index contributed by atoms with van der Waals surface area (Å²) in [5.74, 6) is -6.69. The van der Waals surface area contributed by atoms with Crippen LogP contribution in [0.4, 0.5) is 17.6 Å². The number of hydrogen-bond donors (Lipinski definition) is 0. The summed E-state index contributed by atoms with van der Waals surface area (Å²) in [5, 5.41) is 0. The van der Waals surface area contributed by atoms with Crippen molar-refractivity contribution in [1.29, 1.82) is 0 Å². The van der Waals surface area contributed by atoms with Gasteiger partial charge in [-0.15, -0.1) is 0 Å². The van der Waals surface area contributed by atoms with Crippen molar-refractivity contribution in [2.24, 2.45) is 0 Å². The maximum atomic E-state index is 13.3. The molecule has 2 aromatic rings. The highest BCUT2D eigenvalue weighted by Gasteiger charge is 2.21. The average Bonchev–Trinajstić information content (AvgIpc) is 2.52. The Balaban J connectivity index is 1.87. The molecule has 120 valence electrons. The van der Waals surface area contributed by atoms with Crippen LogP contribution in [0.2, 0.25) is 0 Å². The quantitative estimate of drug-likeness (QED) is 0.464. The van der Waals surface area contributed by atoms with Crippen LogP contribution in [0.3, 0.4) is 0 Å². The van der Waals surface area contributed by atoms with Gasteiger partial charge in [0.05, 0.1) is 0 Å².